The number of hydrogen-bond donors (Lipinski definition) is 2. The van der Waals surface area contributed by atoms with Gasteiger partial charge in [-0.1, -0.05) is 13.8 Å². The van der Waals surface area contributed by atoms with Gasteiger partial charge in [0.2, 0.25) is 5.91 Å². The minimum absolute atomic E-state index is 0.0997. The van der Waals surface area contributed by atoms with Gasteiger partial charge in [0.05, 0.1) is 0 Å². The fourth-order valence-corrected chi connectivity index (χ4v) is 1.51. The average Bonchev–Trinajstić information content (AvgIpc) is 2.65. The van der Waals surface area contributed by atoms with Crippen LogP contribution < -0.4 is 10.6 Å². The second-order valence-corrected chi connectivity index (χ2v) is 4.12. The number of aromatic nitrogens is 1. The molecule has 0 radical (unpaired) electrons. The van der Waals surface area contributed by atoms with Gasteiger partial charge in [-0.3, -0.25) is 9.59 Å². The maximum Gasteiger partial charge on any atom is 0.270 e. The van der Waals surface area contributed by atoms with E-state index in [1.165, 1.54) is 18.4 Å². The van der Waals surface area contributed by atoms with E-state index in [2.05, 4.69) is 15.6 Å². The van der Waals surface area contributed by atoms with Gasteiger partial charge in [-0.25, -0.2) is 4.98 Å². The van der Waals surface area contributed by atoms with Crippen LogP contribution in [0.15, 0.2) is 5.38 Å². The van der Waals surface area contributed by atoms with E-state index in [0.29, 0.717) is 10.8 Å². The summed E-state index contributed by atoms with van der Waals surface area (Å²) in [4.78, 5) is 26.5. The average molecular weight is 227 g/mol. The maximum atomic E-state index is 11.3. The van der Waals surface area contributed by atoms with Crippen LogP contribution in [0.3, 0.4) is 0 Å². The number of nitrogens with zero attached hydrogens (tertiary/aromatic N) is 1. The summed E-state index contributed by atoms with van der Waals surface area (Å²) in [6.07, 6.45) is 0. The third-order valence-corrected chi connectivity index (χ3v) is 2.48. The van der Waals surface area contributed by atoms with E-state index in [-0.39, 0.29) is 17.7 Å². The number of carbonyl (C=O) groups excluding carboxylic acids is 2. The lowest BCUT2D eigenvalue weighted by molar-refractivity contribution is -0.118. The Morgan fingerprint density at radius 3 is 2.67 bits per heavy atom. The molecule has 0 bridgehead atoms. The molecule has 0 fully saturated rings. The molecule has 0 unspecified atom stereocenters. The van der Waals surface area contributed by atoms with Crippen molar-refractivity contribution in [2.45, 2.75) is 13.8 Å². The molecule has 1 rings (SSSR count). The van der Waals surface area contributed by atoms with Crippen LogP contribution in [-0.2, 0) is 4.79 Å². The van der Waals surface area contributed by atoms with Gasteiger partial charge >= 0.3 is 0 Å². The molecule has 15 heavy (non-hydrogen) atoms. The zero-order chi connectivity index (χ0) is 11.4. The molecule has 6 heteroatoms. The molecule has 0 saturated heterocycles. The molecular weight excluding hydrogens is 214 g/mol. The Kier molecular flexibility index (Phi) is 3.79. The van der Waals surface area contributed by atoms with Gasteiger partial charge < -0.3 is 10.6 Å². The molecule has 1 aromatic rings. The Morgan fingerprint density at radius 1 is 1.47 bits per heavy atom. The summed E-state index contributed by atoms with van der Waals surface area (Å²) in [6, 6.07) is 0. The lowest BCUT2D eigenvalue weighted by Crippen LogP contribution is -2.19. The maximum absolute atomic E-state index is 11.3. The first-order valence-corrected chi connectivity index (χ1v) is 5.41. The van der Waals surface area contributed by atoms with E-state index in [4.69, 9.17) is 0 Å². The molecule has 82 valence electrons. The van der Waals surface area contributed by atoms with Crippen molar-refractivity contribution in [2.24, 2.45) is 5.92 Å². The molecule has 0 aromatic carbocycles. The van der Waals surface area contributed by atoms with Gasteiger partial charge in [0, 0.05) is 18.3 Å². The quantitative estimate of drug-likeness (QED) is 0.812. The Morgan fingerprint density at radius 2 is 2.13 bits per heavy atom. The number of carbonyl (C=O) groups is 2. The van der Waals surface area contributed by atoms with Crippen LogP contribution in [0.1, 0.15) is 24.3 Å². The van der Waals surface area contributed by atoms with Crippen molar-refractivity contribution < 1.29 is 9.59 Å². The second-order valence-electron chi connectivity index (χ2n) is 3.26. The minimum Gasteiger partial charge on any atom is -0.354 e. The molecule has 0 aliphatic rings. The highest BCUT2D eigenvalue weighted by Crippen LogP contribution is 2.15. The molecule has 2 amide bonds. The van der Waals surface area contributed by atoms with Crippen LogP contribution in [0.4, 0.5) is 5.13 Å². The molecule has 5 nitrogen and oxygen atoms in total. The molecular formula is C9H13N3O2S. The molecule has 0 saturated carbocycles. The largest absolute Gasteiger partial charge is 0.354 e. The summed E-state index contributed by atoms with van der Waals surface area (Å²) in [7, 11) is 1.54. The summed E-state index contributed by atoms with van der Waals surface area (Å²) in [5.74, 6) is -0.457. The van der Waals surface area contributed by atoms with E-state index in [0.717, 1.165) is 0 Å². The summed E-state index contributed by atoms with van der Waals surface area (Å²) in [5.41, 5.74) is 0.321. The smallest absolute Gasteiger partial charge is 0.270 e. The number of hydrogen-bond acceptors (Lipinski definition) is 4. The SMILES string of the molecule is CNC(=O)c1csc(NC(=O)C(C)C)n1. The summed E-state index contributed by atoms with van der Waals surface area (Å²) < 4.78 is 0. The van der Waals surface area contributed by atoms with Crippen LogP contribution in [-0.4, -0.2) is 23.8 Å². The number of rotatable bonds is 3. The summed E-state index contributed by atoms with van der Waals surface area (Å²) >= 11 is 1.24. The van der Waals surface area contributed by atoms with Gasteiger partial charge in [-0.15, -0.1) is 11.3 Å². The number of thiazole rings is 1. The van der Waals surface area contributed by atoms with Crippen molar-refractivity contribution in [3.05, 3.63) is 11.1 Å². The highest BCUT2D eigenvalue weighted by molar-refractivity contribution is 7.14. The van der Waals surface area contributed by atoms with Crippen molar-refractivity contribution >= 4 is 28.3 Å². The highest BCUT2D eigenvalue weighted by Gasteiger charge is 2.12. The first-order chi connectivity index (χ1) is 7.04. The van der Waals surface area contributed by atoms with Gasteiger partial charge in [-0.2, -0.15) is 0 Å². The van der Waals surface area contributed by atoms with E-state index in [9.17, 15) is 9.59 Å². The van der Waals surface area contributed by atoms with Gasteiger partial charge in [0.15, 0.2) is 5.13 Å². The Bertz CT molecular complexity index is 373. The van der Waals surface area contributed by atoms with Crippen molar-refractivity contribution in [1.29, 1.82) is 0 Å². The predicted octanol–water partition coefficient (Wildman–Crippen LogP) is 1.10. The Hall–Kier alpha value is -1.43. The Balaban J connectivity index is 2.69. The molecule has 0 aliphatic heterocycles. The van der Waals surface area contributed by atoms with Crippen LogP contribution >= 0.6 is 11.3 Å². The lowest BCUT2D eigenvalue weighted by Gasteiger charge is -2.03. The van der Waals surface area contributed by atoms with Crippen LogP contribution in [0, 0.1) is 5.92 Å². The first-order valence-electron chi connectivity index (χ1n) is 4.53. The zero-order valence-electron chi connectivity index (χ0n) is 8.83. The van der Waals surface area contributed by atoms with Gasteiger partial charge in [0.25, 0.3) is 5.91 Å². The minimum atomic E-state index is -0.253. The third kappa shape index (κ3) is 3.02. The van der Waals surface area contributed by atoms with E-state index in [1.807, 2.05) is 0 Å². The van der Waals surface area contributed by atoms with Gasteiger partial charge in [0.1, 0.15) is 5.69 Å². The monoisotopic (exact) mass is 227 g/mol. The number of anilines is 1. The van der Waals surface area contributed by atoms with Crippen molar-refractivity contribution in [1.82, 2.24) is 10.3 Å². The normalized spacial score (nSPS) is 10.1. The van der Waals surface area contributed by atoms with Crippen molar-refractivity contribution in [3.63, 3.8) is 0 Å². The third-order valence-electron chi connectivity index (χ3n) is 1.72. The topological polar surface area (TPSA) is 71.1 Å². The van der Waals surface area contributed by atoms with Crippen LogP contribution in [0.2, 0.25) is 0 Å². The molecule has 0 aliphatic carbocycles. The summed E-state index contributed by atoms with van der Waals surface area (Å²) in [6.45, 7) is 3.59. The molecule has 1 heterocycles. The molecule has 0 spiro atoms. The fourth-order valence-electron chi connectivity index (χ4n) is 0.813. The number of amides is 2. The first kappa shape index (κ1) is 11.6. The summed E-state index contributed by atoms with van der Waals surface area (Å²) in [5, 5.41) is 7.15. The molecule has 2 N–H and O–H groups in total. The zero-order valence-corrected chi connectivity index (χ0v) is 9.64. The van der Waals surface area contributed by atoms with E-state index >= 15 is 0 Å². The van der Waals surface area contributed by atoms with E-state index in [1.54, 1.807) is 19.2 Å². The second kappa shape index (κ2) is 4.88. The Labute approximate surface area is 91.9 Å². The van der Waals surface area contributed by atoms with E-state index < -0.39 is 0 Å². The van der Waals surface area contributed by atoms with Crippen LogP contribution in [0.25, 0.3) is 0 Å². The molecule has 0 atom stereocenters. The van der Waals surface area contributed by atoms with Gasteiger partial charge in [-0.05, 0) is 0 Å². The van der Waals surface area contributed by atoms with Crippen LogP contribution in [0.5, 0.6) is 0 Å². The van der Waals surface area contributed by atoms with Crippen molar-refractivity contribution in [2.75, 3.05) is 12.4 Å². The molecule has 1 aromatic heterocycles. The predicted molar refractivity (Wildman–Crippen MR) is 59.0 cm³/mol. The van der Waals surface area contributed by atoms with Crippen molar-refractivity contribution in [3.8, 4) is 0 Å². The number of nitrogens with one attached hydrogen (secondary N) is 2. The fraction of sp³-hybridized carbons (Fsp3) is 0.444. The standard InChI is InChI=1S/C9H13N3O2S/c1-5(2)7(13)12-9-11-6(4-15-9)8(14)10-3/h4-5H,1-3H3,(H,10,14)(H,11,12,13). The lowest BCUT2D eigenvalue weighted by atomic mass is 10.2. The highest BCUT2D eigenvalue weighted by atomic mass is 32.1.